The second-order valence-corrected chi connectivity index (χ2v) is 2.83. The van der Waals surface area contributed by atoms with Crippen molar-refractivity contribution in [1.82, 2.24) is 0 Å². The summed E-state index contributed by atoms with van der Waals surface area (Å²) in [6.07, 6.45) is -1.50. The van der Waals surface area contributed by atoms with E-state index in [-0.39, 0.29) is 0 Å². The van der Waals surface area contributed by atoms with Gasteiger partial charge in [-0.15, -0.1) is 0 Å². The van der Waals surface area contributed by atoms with E-state index in [1.54, 1.807) is 31.4 Å². The van der Waals surface area contributed by atoms with E-state index in [2.05, 4.69) is 5.32 Å². The average Bonchev–Trinajstić information content (AvgIpc) is 2.19. The van der Waals surface area contributed by atoms with Crippen molar-refractivity contribution < 1.29 is 13.9 Å². The summed E-state index contributed by atoms with van der Waals surface area (Å²) in [6.45, 7) is 1.19. The Morgan fingerprint density at radius 1 is 1.43 bits per heavy atom. The Morgan fingerprint density at radius 2 is 2.00 bits per heavy atom. The van der Waals surface area contributed by atoms with Gasteiger partial charge < -0.3 is 10.1 Å². The van der Waals surface area contributed by atoms with E-state index in [1.165, 1.54) is 6.92 Å². The zero-order chi connectivity index (χ0) is 10.6. The van der Waals surface area contributed by atoms with Crippen LogP contribution in [-0.2, 0) is 4.79 Å². The van der Waals surface area contributed by atoms with Gasteiger partial charge in [0.1, 0.15) is 5.75 Å². The molecule has 1 atom stereocenters. The fraction of sp³-hybridized carbons (Fsp3) is 0.300. The van der Waals surface area contributed by atoms with E-state index in [1.807, 2.05) is 0 Å². The van der Waals surface area contributed by atoms with Crippen molar-refractivity contribution >= 4 is 11.6 Å². The molecule has 0 aliphatic rings. The maximum Gasteiger partial charge on any atom is 0.258 e. The number of hydrogen-bond acceptors (Lipinski definition) is 2. The third-order valence-corrected chi connectivity index (χ3v) is 1.72. The molecule has 0 bridgehead atoms. The van der Waals surface area contributed by atoms with Crippen LogP contribution in [0.5, 0.6) is 5.75 Å². The van der Waals surface area contributed by atoms with Crippen molar-refractivity contribution in [2.45, 2.75) is 13.1 Å². The summed E-state index contributed by atoms with van der Waals surface area (Å²) in [7, 11) is 1.55. The van der Waals surface area contributed by atoms with Crippen LogP contribution >= 0.6 is 0 Å². The molecule has 0 aromatic heterocycles. The molecule has 0 spiro atoms. The van der Waals surface area contributed by atoms with Crippen LogP contribution in [0.3, 0.4) is 0 Å². The van der Waals surface area contributed by atoms with Crippen molar-refractivity contribution in [3.63, 3.8) is 0 Å². The topological polar surface area (TPSA) is 38.3 Å². The summed E-state index contributed by atoms with van der Waals surface area (Å²) in [6, 6.07) is 6.69. The quantitative estimate of drug-likeness (QED) is 0.804. The lowest BCUT2D eigenvalue weighted by molar-refractivity contribution is -0.120. The molecule has 1 unspecified atom stereocenters. The Hall–Kier alpha value is -1.58. The number of ether oxygens (including phenoxy) is 1. The lowest BCUT2D eigenvalue weighted by Gasteiger charge is -2.06. The van der Waals surface area contributed by atoms with Crippen LogP contribution in [0.1, 0.15) is 6.92 Å². The zero-order valence-electron chi connectivity index (χ0n) is 8.08. The van der Waals surface area contributed by atoms with E-state index in [9.17, 15) is 9.18 Å². The van der Waals surface area contributed by atoms with Gasteiger partial charge in [0.05, 0.1) is 7.11 Å². The van der Waals surface area contributed by atoms with E-state index in [4.69, 9.17) is 4.74 Å². The molecular formula is C10H12FNO2. The highest BCUT2D eigenvalue weighted by atomic mass is 19.1. The van der Waals surface area contributed by atoms with Crippen LogP contribution in [0.2, 0.25) is 0 Å². The molecule has 14 heavy (non-hydrogen) atoms. The minimum atomic E-state index is -1.50. The number of amides is 1. The number of benzene rings is 1. The van der Waals surface area contributed by atoms with Crippen molar-refractivity contribution in [2.24, 2.45) is 0 Å². The third kappa shape index (κ3) is 2.73. The summed E-state index contributed by atoms with van der Waals surface area (Å²) in [4.78, 5) is 10.9. The van der Waals surface area contributed by atoms with Crippen LogP contribution in [-0.4, -0.2) is 19.2 Å². The molecule has 1 amide bonds. The summed E-state index contributed by atoms with van der Waals surface area (Å²) >= 11 is 0. The molecule has 0 radical (unpaired) electrons. The molecular weight excluding hydrogens is 185 g/mol. The van der Waals surface area contributed by atoms with Crippen LogP contribution in [0, 0.1) is 0 Å². The first kappa shape index (κ1) is 10.5. The number of rotatable bonds is 3. The van der Waals surface area contributed by atoms with Crippen LogP contribution in [0.15, 0.2) is 24.3 Å². The number of carbonyl (C=O) groups excluding carboxylic acids is 1. The molecule has 0 saturated carbocycles. The van der Waals surface area contributed by atoms with E-state index < -0.39 is 12.1 Å². The number of hydrogen-bond donors (Lipinski definition) is 1. The number of carbonyl (C=O) groups is 1. The second-order valence-electron chi connectivity index (χ2n) is 2.83. The molecule has 76 valence electrons. The summed E-state index contributed by atoms with van der Waals surface area (Å²) < 4.78 is 17.4. The van der Waals surface area contributed by atoms with Crippen molar-refractivity contribution in [3.05, 3.63) is 24.3 Å². The monoisotopic (exact) mass is 197 g/mol. The van der Waals surface area contributed by atoms with Gasteiger partial charge in [0.25, 0.3) is 5.91 Å². The molecule has 1 aromatic carbocycles. The second kappa shape index (κ2) is 4.60. The van der Waals surface area contributed by atoms with Crippen LogP contribution in [0.4, 0.5) is 10.1 Å². The number of alkyl halides is 1. The average molecular weight is 197 g/mol. The van der Waals surface area contributed by atoms with E-state index >= 15 is 0 Å². The Labute approximate surface area is 81.9 Å². The minimum Gasteiger partial charge on any atom is -0.497 e. The Balaban J connectivity index is 2.64. The van der Waals surface area contributed by atoms with Gasteiger partial charge >= 0.3 is 0 Å². The first-order chi connectivity index (χ1) is 6.63. The fourth-order valence-corrected chi connectivity index (χ4v) is 0.916. The summed E-state index contributed by atoms with van der Waals surface area (Å²) in [5, 5.41) is 2.42. The Bertz CT molecular complexity index is 308. The first-order valence-electron chi connectivity index (χ1n) is 4.22. The lowest BCUT2D eigenvalue weighted by atomic mass is 10.3. The van der Waals surface area contributed by atoms with Gasteiger partial charge in [0.2, 0.25) is 0 Å². The molecule has 4 heteroatoms. The molecule has 0 heterocycles. The summed E-state index contributed by atoms with van der Waals surface area (Å²) in [5.41, 5.74) is 0.556. The molecule has 1 aromatic rings. The normalized spacial score (nSPS) is 11.9. The SMILES string of the molecule is COc1ccc(NC(=O)C(C)F)cc1. The predicted octanol–water partition coefficient (Wildman–Crippen LogP) is 1.99. The molecule has 0 saturated heterocycles. The van der Waals surface area contributed by atoms with Gasteiger partial charge in [-0.05, 0) is 31.2 Å². The van der Waals surface area contributed by atoms with Crippen molar-refractivity contribution in [3.8, 4) is 5.75 Å². The van der Waals surface area contributed by atoms with Crippen LogP contribution < -0.4 is 10.1 Å². The van der Waals surface area contributed by atoms with E-state index in [0.29, 0.717) is 11.4 Å². The molecule has 1 N–H and O–H groups in total. The Morgan fingerprint density at radius 3 is 2.43 bits per heavy atom. The van der Waals surface area contributed by atoms with Crippen LogP contribution in [0.25, 0.3) is 0 Å². The van der Waals surface area contributed by atoms with Gasteiger partial charge in [-0.25, -0.2) is 4.39 Å². The highest BCUT2D eigenvalue weighted by Gasteiger charge is 2.10. The predicted molar refractivity (Wildman–Crippen MR) is 52.2 cm³/mol. The molecule has 1 rings (SSSR count). The van der Waals surface area contributed by atoms with E-state index in [0.717, 1.165) is 0 Å². The standard InChI is InChI=1S/C10H12FNO2/c1-7(11)10(13)12-8-3-5-9(14-2)6-4-8/h3-7H,1-2H3,(H,12,13). The largest absolute Gasteiger partial charge is 0.497 e. The number of methoxy groups -OCH3 is 1. The van der Waals surface area contributed by atoms with Crippen molar-refractivity contribution in [1.29, 1.82) is 0 Å². The maximum absolute atomic E-state index is 12.5. The number of anilines is 1. The number of nitrogens with one attached hydrogen (secondary N) is 1. The lowest BCUT2D eigenvalue weighted by Crippen LogP contribution is -2.20. The Kier molecular flexibility index (Phi) is 3.45. The first-order valence-corrected chi connectivity index (χ1v) is 4.22. The molecule has 0 aliphatic carbocycles. The highest BCUT2D eigenvalue weighted by molar-refractivity contribution is 5.93. The number of halogens is 1. The van der Waals surface area contributed by atoms with Crippen molar-refractivity contribution in [2.75, 3.05) is 12.4 Å². The fourth-order valence-electron chi connectivity index (χ4n) is 0.916. The maximum atomic E-state index is 12.5. The smallest absolute Gasteiger partial charge is 0.258 e. The van der Waals surface area contributed by atoms with Gasteiger partial charge in [0, 0.05) is 5.69 Å². The minimum absolute atomic E-state index is 0.556. The summed E-state index contributed by atoms with van der Waals surface area (Å²) in [5.74, 6) is 0.0477. The zero-order valence-corrected chi connectivity index (χ0v) is 8.08. The highest BCUT2D eigenvalue weighted by Crippen LogP contribution is 2.15. The molecule has 0 fully saturated rings. The van der Waals surface area contributed by atoms with Gasteiger partial charge in [-0.3, -0.25) is 4.79 Å². The molecule has 0 aliphatic heterocycles. The van der Waals surface area contributed by atoms with Gasteiger partial charge in [0.15, 0.2) is 6.17 Å². The molecule has 3 nitrogen and oxygen atoms in total. The van der Waals surface area contributed by atoms with Gasteiger partial charge in [-0.1, -0.05) is 0 Å². The van der Waals surface area contributed by atoms with Gasteiger partial charge in [-0.2, -0.15) is 0 Å². The third-order valence-electron chi connectivity index (χ3n) is 1.72.